The summed E-state index contributed by atoms with van der Waals surface area (Å²) in [7, 11) is 2.48. The first-order valence-corrected chi connectivity index (χ1v) is 10.3. The zero-order valence-electron chi connectivity index (χ0n) is 19.8. The molecule has 2 N–H and O–H groups in total. The Labute approximate surface area is 203 Å². The van der Waals surface area contributed by atoms with Crippen molar-refractivity contribution in [1.82, 2.24) is 14.9 Å². The fraction of sp³-hybridized carbons (Fsp3) is 0.381. The average molecular weight is 516 g/mol. The average Bonchev–Trinajstić information content (AvgIpc) is 2.83. The van der Waals surface area contributed by atoms with Crippen molar-refractivity contribution in [3.63, 3.8) is 0 Å². The molecule has 36 heavy (non-hydrogen) atoms. The number of anilines is 2. The number of amidine groups is 1. The van der Waals surface area contributed by atoms with Gasteiger partial charge < -0.3 is 19.9 Å². The number of nitrogens with zero attached hydrogens (tertiary/aromatic N) is 5. The largest absolute Gasteiger partial charge is 0.480 e. The summed E-state index contributed by atoms with van der Waals surface area (Å²) in [6, 6.07) is 2.18. The Morgan fingerprint density at radius 3 is 2.58 bits per heavy atom. The highest BCUT2D eigenvalue weighted by molar-refractivity contribution is 6.07. The standard InChI is InChI=1S/C21H24F4N6O5/c1-5-31(11-33)15(9-32)29-30(3)17-14(22)8-13(19(28-17)36-10-21(23,24)25)18(34)27-16-12(2)6-7-26-20(16)35-4/h6-8,11,32H,5,9-10H2,1-4H3,(H,27,34)/b29-15-. The number of pyridine rings is 2. The minimum absolute atomic E-state index is 0.0208. The number of likely N-dealkylation sites (N-methyl/N-ethyl adjacent to an activating group) is 1. The Bertz CT molecular complexity index is 1130. The van der Waals surface area contributed by atoms with Crippen molar-refractivity contribution in [2.45, 2.75) is 20.0 Å². The number of ether oxygens (including phenoxy) is 2. The second-order valence-corrected chi connectivity index (χ2v) is 7.11. The van der Waals surface area contributed by atoms with E-state index >= 15 is 0 Å². The van der Waals surface area contributed by atoms with E-state index in [-0.39, 0.29) is 23.9 Å². The molecule has 2 rings (SSSR count). The number of aliphatic hydroxyl groups is 1. The molecule has 0 unspecified atom stereocenters. The molecule has 15 heteroatoms. The van der Waals surface area contributed by atoms with Crippen molar-refractivity contribution >= 4 is 29.7 Å². The number of rotatable bonds is 10. The molecule has 196 valence electrons. The smallest absolute Gasteiger partial charge is 0.422 e. The van der Waals surface area contributed by atoms with E-state index in [4.69, 9.17) is 9.47 Å². The number of aliphatic hydroxyl groups excluding tert-OH is 1. The zero-order chi connectivity index (χ0) is 27.0. The van der Waals surface area contributed by atoms with Gasteiger partial charge in [0, 0.05) is 19.8 Å². The molecule has 2 aromatic rings. The topological polar surface area (TPSA) is 129 Å². The van der Waals surface area contributed by atoms with E-state index in [1.807, 2.05) is 0 Å². The Morgan fingerprint density at radius 2 is 2.03 bits per heavy atom. The number of alkyl halides is 3. The Hall–Kier alpha value is -4.01. The lowest BCUT2D eigenvalue weighted by Gasteiger charge is -2.21. The molecule has 0 bridgehead atoms. The molecule has 0 spiro atoms. The van der Waals surface area contributed by atoms with Crippen LogP contribution in [0.2, 0.25) is 0 Å². The van der Waals surface area contributed by atoms with E-state index in [9.17, 15) is 32.3 Å². The summed E-state index contributed by atoms with van der Waals surface area (Å²) in [6.07, 6.45) is -2.99. The summed E-state index contributed by atoms with van der Waals surface area (Å²) < 4.78 is 63.3. The van der Waals surface area contributed by atoms with Gasteiger partial charge in [-0.2, -0.15) is 23.3 Å². The van der Waals surface area contributed by atoms with Crippen molar-refractivity contribution < 1.29 is 41.7 Å². The summed E-state index contributed by atoms with van der Waals surface area (Å²) in [5.74, 6) is -3.82. The van der Waals surface area contributed by atoms with Crippen LogP contribution in [-0.4, -0.2) is 78.2 Å². The lowest BCUT2D eigenvalue weighted by Crippen LogP contribution is -2.34. The van der Waals surface area contributed by atoms with E-state index in [2.05, 4.69) is 20.4 Å². The Balaban J connectivity index is 2.54. The third kappa shape index (κ3) is 7.00. The molecule has 0 saturated carbocycles. The predicted octanol–water partition coefficient (Wildman–Crippen LogP) is 2.35. The van der Waals surface area contributed by atoms with Crippen LogP contribution in [0.15, 0.2) is 23.4 Å². The molecule has 0 saturated heterocycles. The third-order valence-corrected chi connectivity index (χ3v) is 4.61. The van der Waals surface area contributed by atoms with Crippen molar-refractivity contribution in [3.05, 3.63) is 35.3 Å². The molecule has 11 nitrogen and oxygen atoms in total. The number of hydrogen-bond acceptors (Lipinski definition) is 9. The quantitative estimate of drug-likeness (QED) is 0.162. The summed E-state index contributed by atoms with van der Waals surface area (Å²) in [4.78, 5) is 32.7. The van der Waals surface area contributed by atoms with E-state index in [0.717, 1.165) is 9.91 Å². The van der Waals surface area contributed by atoms with Crippen LogP contribution in [0, 0.1) is 12.7 Å². The Kier molecular flexibility index (Phi) is 9.49. The SMILES string of the molecule is CCN(C=O)/C(CO)=N\N(C)c1nc(OCC(F)(F)F)c(C(=O)Nc2c(C)ccnc2OC)cc1F. The molecule has 0 atom stereocenters. The molecule has 0 radical (unpaired) electrons. The molecular formula is C21H24F4N6O5. The number of carbonyl (C=O) groups excluding carboxylic acids is 2. The molecule has 2 amide bonds. The molecule has 0 aliphatic heterocycles. The van der Waals surface area contributed by atoms with E-state index in [1.165, 1.54) is 20.4 Å². The van der Waals surface area contributed by atoms with Crippen LogP contribution in [0.3, 0.4) is 0 Å². The van der Waals surface area contributed by atoms with Gasteiger partial charge in [-0.25, -0.2) is 14.4 Å². The van der Waals surface area contributed by atoms with E-state index in [1.54, 1.807) is 19.9 Å². The van der Waals surface area contributed by atoms with Crippen LogP contribution < -0.4 is 19.8 Å². The number of carbonyl (C=O) groups is 2. The zero-order valence-corrected chi connectivity index (χ0v) is 19.8. The summed E-state index contributed by atoms with van der Waals surface area (Å²) in [5.41, 5.74) is -0.0213. The van der Waals surface area contributed by atoms with Crippen LogP contribution >= 0.6 is 0 Å². The lowest BCUT2D eigenvalue weighted by atomic mass is 10.2. The maximum Gasteiger partial charge on any atom is 0.422 e. The highest BCUT2D eigenvalue weighted by Gasteiger charge is 2.31. The van der Waals surface area contributed by atoms with Crippen molar-refractivity contribution in [2.75, 3.05) is 44.2 Å². The lowest BCUT2D eigenvalue weighted by molar-refractivity contribution is -0.154. The van der Waals surface area contributed by atoms with Gasteiger partial charge in [-0.05, 0) is 31.5 Å². The maximum atomic E-state index is 15.0. The van der Waals surface area contributed by atoms with Crippen molar-refractivity contribution in [1.29, 1.82) is 0 Å². The van der Waals surface area contributed by atoms with E-state index < -0.39 is 48.4 Å². The van der Waals surface area contributed by atoms with E-state index in [0.29, 0.717) is 18.0 Å². The van der Waals surface area contributed by atoms with Gasteiger partial charge in [0.05, 0.1) is 7.11 Å². The number of hydrogen-bond donors (Lipinski definition) is 2. The number of aromatic nitrogens is 2. The molecular weight excluding hydrogens is 492 g/mol. The minimum atomic E-state index is -4.78. The molecule has 2 aromatic heterocycles. The predicted molar refractivity (Wildman–Crippen MR) is 121 cm³/mol. The highest BCUT2D eigenvalue weighted by atomic mass is 19.4. The molecule has 2 heterocycles. The monoisotopic (exact) mass is 516 g/mol. The van der Waals surface area contributed by atoms with Gasteiger partial charge >= 0.3 is 6.18 Å². The normalized spacial score (nSPS) is 11.6. The second-order valence-electron chi connectivity index (χ2n) is 7.11. The van der Waals surface area contributed by atoms with Crippen LogP contribution in [0.1, 0.15) is 22.8 Å². The van der Waals surface area contributed by atoms with Gasteiger partial charge in [0.15, 0.2) is 24.1 Å². The molecule has 0 aliphatic rings. The van der Waals surface area contributed by atoms with Crippen molar-refractivity contribution in [2.24, 2.45) is 5.10 Å². The van der Waals surface area contributed by atoms with Crippen molar-refractivity contribution in [3.8, 4) is 11.8 Å². The van der Waals surface area contributed by atoms with Gasteiger partial charge in [-0.15, -0.1) is 0 Å². The first-order valence-electron chi connectivity index (χ1n) is 10.3. The maximum absolute atomic E-state index is 15.0. The van der Waals surface area contributed by atoms with Crippen LogP contribution in [0.5, 0.6) is 11.8 Å². The number of halogens is 4. The number of nitrogens with one attached hydrogen (secondary N) is 1. The van der Waals surface area contributed by atoms with Crippen LogP contribution in [-0.2, 0) is 4.79 Å². The van der Waals surface area contributed by atoms with Gasteiger partial charge in [0.1, 0.15) is 17.9 Å². The molecule has 0 aromatic carbocycles. The van der Waals surface area contributed by atoms with Gasteiger partial charge in [-0.3, -0.25) is 14.5 Å². The number of amides is 2. The minimum Gasteiger partial charge on any atom is -0.480 e. The van der Waals surface area contributed by atoms with Gasteiger partial charge in [0.25, 0.3) is 5.91 Å². The summed E-state index contributed by atoms with van der Waals surface area (Å²) in [5, 5.41) is 16.6. The highest BCUT2D eigenvalue weighted by Crippen LogP contribution is 2.30. The van der Waals surface area contributed by atoms with Gasteiger partial charge in [0.2, 0.25) is 18.2 Å². The van der Waals surface area contributed by atoms with Crippen LogP contribution in [0.4, 0.5) is 29.1 Å². The summed E-state index contributed by atoms with van der Waals surface area (Å²) >= 11 is 0. The first kappa shape index (κ1) is 28.2. The first-order chi connectivity index (χ1) is 16.9. The summed E-state index contributed by atoms with van der Waals surface area (Å²) in [6.45, 7) is 0.817. The fourth-order valence-electron chi connectivity index (χ4n) is 2.85. The third-order valence-electron chi connectivity index (χ3n) is 4.61. The Morgan fingerprint density at radius 1 is 1.33 bits per heavy atom. The van der Waals surface area contributed by atoms with Crippen LogP contribution in [0.25, 0.3) is 0 Å². The fourth-order valence-corrected chi connectivity index (χ4v) is 2.85. The number of methoxy groups -OCH3 is 1. The second kappa shape index (κ2) is 12.1. The number of aryl methyl sites for hydroxylation is 1. The molecule has 0 aliphatic carbocycles. The molecule has 0 fully saturated rings. The van der Waals surface area contributed by atoms with Gasteiger partial charge in [-0.1, -0.05) is 0 Å². The number of hydrazone groups is 1.